The van der Waals surface area contributed by atoms with Crippen LogP contribution in [0.25, 0.3) is 0 Å². The van der Waals surface area contributed by atoms with Crippen LogP contribution in [-0.2, 0) is 13.1 Å². The van der Waals surface area contributed by atoms with E-state index in [1.165, 1.54) is 42.6 Å². The molecule has 1 heterocycles. The van der Waals surface area contributed by atoms with Crippen LogP contribution in [0.15, 0.2) is 0 Å². The minimum Gasteiger partial charge on any atom is -0.310 e. The van der Waals surface area contributed by atoms with E-state index in [-0.39, 0.29) is 0 Å². The summed E-state index contributed by atoms with van der Waals surface area (Å²) in [7, 11) is 0. The fraction of sp³-hybridized carbons (Fsp3) is 0.769. The Labute approximate surface area is 98.2 Å². The second kappa shape index (κ2) is 5.00. The van der Waals surface area contributed by atoms with E-state index in [0.717, 1.165) is 19.1 Å². The van der Waals surface area contributed by atoms with Crippen LogP contribution in [0.5, 0.6) is 0 Å². The van der Waals surface area contributed by atoms with Crippen LogP contribution < -0.4 is 5.32 Å². The van der Waals surface area contributed by atoms with Crippen molar-refractivity contribution in [2.24, 2.45) is 0 Å². The van der Waals surface area contributed by atoms with E-state index in [0.29, 0.717) is 0 Å². The van der Waals surface area contributed by atoms with Crippen LogP contribution in [-0.4, -0.2) is 15.8 Å². The molecule has 1 fully saturated rings. The van der Waals surface area contributed by atoms with Gasteiger partial charge in [0.1, 0.15) is 0 Å². The fourth-order valence-electron chi connectivity index (χ4n) is 2.67. The highest BCUT2D eigenvalue weighted by molar-refractivity contribution is 5.24. The van der Waals surface area contributed by atoms with Crippen LogP contribution in [0.1, 0.15) is 49.6 Å². The minimum absolute atomic E-state index is 0.740. The molecule has 0 radical (unpaired) electrons. The Balaban J connectivity index is 2.00. The highest BCUT2D eigenvalue weighted by Gasteiger charge is 2.16. The van der Waals surface area contributed by atoms with Gasteiger partial charge in [0.15, 0.2) is 0 Å². The number of rotatable bonds is 4. The summed E-state index contributed by atoms with van der Waals surface area (Å²) >= 11 is 0. The van der Waals surface area contributed by atoms with Crippen LogP contribution in [0.3, 0.4) is 0 Å². The third-order valence-electron chi connectivity index (χ3n) is 3.75. The lowest BCUT2D eigenvalue weighted by molar-refractivity contribution is 0.522. The zero-order valence-corrected chi connectivity index (χ0v) is 10.7. The van der Waals surface area contributed by atoms with E-state index in [1.54, 1.807) is 0 Å². The number of hydrogen-bond donors (Lipinski definition) is 1. The van der Waals surface area contributed by atoms with Gasteiger partial charge in [0.05, 0.1) is 5.69 Å². The van der Waals surface area contributed by atoms with Gasteiger partial charge in [0.25, 0.3) is 0 Å². The standard InChI is InChI=1S/C13H23N3/c1-4-16-11(3)13(10(2)15-16)9-14-12-7-5-6-8-12/h12,14H,4-9H2,1-3H3. The van der Waals surface area contributed by atoms with Crippen molar-refractivity contribution >= 4 is 0 Å². The van der Waals surface area contributed by atoms with E-state index in [2.05, 4.69) is 35.9 Å². The first kappa shape index (κ1) is 11.6. The zero-order chi connectivity index (χ0) is 11.5. The summed E-state index contributed by atoms with van der Waals surface area (Å²) in [6.07, 6.45) is 5.48. The molecular weight excluding hydrogens is 198 g/mol. The molecule has 1 N–H and O–H groups in total. The lowest BCUT2D eigenvalue weighted by Crippen LogP contribution is -2.25. The summed E-state index contributed by atoms with van der Waals surface area (Å²) in [4.78, 5) is 0. The van der Waals surface area contributed by atoms with Crippen molar-refractivity contribution in [3.8, 4) is 0 Å². The van der Waals surface area contributed by atoms with E-state index < -0.39 is 0 Å². The molecular formula is C13H23N3. The van der Waals surface area contributed by atoms with Crippen LogP contribution in [0.2, 0.25) is 0 Å². The number of aromatic nitrogens is 2. The maximum Gasteiger partial charge on any atom is 0.0641 e. The molecule has 1 saturated carbocycles. The fourth-order valence-corrected chi connectivity index (χ4v) is 2.67. The molecule has 1 aliphatic rings. The summed E-state index contributed by atoms with van der Waals surface area (Å²) in [5.41, 5.74) is 3.91. The molecule has 16 heavy (non-hydrogen) atoms. The van der Waals surface area contributed by atoms with Gasteiger partial charge in [0.2, 0.25) is 0 Å². The van der Waals surface area contributed by atoms with Gasteiger partial charge in [0, 0.05) is 30.4 Å². The molecule has 0 saturated heterocycles. The minimum atomic E-state index is 0.740. The van der Waals surface area contributed by atoms with E-state index in [9.17, 15) is 0 Å². The predicted octanol–water partition coefficient (Wildman–Crippen LogP) is 2.55. The molecule has 0 atom stereocenters. The van der Waals surface area contributed by atoms with E-state index >= 15 is 0 Å². The Bertz CT molecular complexity index is 348. The Kier molecular flexibility index (Phi) is 3.64. The molecule has 0 amide bonds. The summed E-state index contributed by atoms with van der Waals surface area (Å²) in [5, 5.41) is 8.21. The summed E-state index contributed by atoms with van der Waals surface area (Å²) in [6, 6.07) is 0.740. The highest BCUT2D eigenvalue weighted by Crippen LogP contribution is 2.19. The van der Waals surface area contributed by atoms with Crippen molar-refractivity contribution < 1.29 is 0 Å². The quantitative estimate of drug-likeness (QED) is 0.847. The van der Waals surface area contributed by atoms with Crippen molar-refractivity contribution in [1.29, 1.82) is 0 Å². The molecule has 1 aromatic rings. The number of hydrogen-bond acceptors (Lipinski definition) is 2. The van der Waals surface area contributed by atoms with Crippen LogP contribution in [0.4, 0.5) is 0 Å². The van der Waals surface area contributed by atoms with Crippen molar-refractivity contribution in [2.45, 2.75) is 65.6 Å². The van der Waals surface area contributed by atoms with Crippen LogP contribution >= 0.6 is 0 Å². The van der Waals surface area contributed by atoms with Crippen molar-refractivity contribution in [2.75, 3.05) is 0 Å². The first-order chi connectivity index (χ1) is 7.72. The molecule has 0 spiro atoms. The van der Waals surface area contributed by atoms with Gasteiger partial charge in [-0.25, -0.2) is 0 Å². The zero-order valence-electron chi connectivity index (χ0n) is 10.7. The monoisotopic (exact) mass is 221 g/mol. The summed E-state index contributed by atoms with van der Waals surface area (Å²) in [6.45, 7) is 8.39. The van der Waals surface area contributed by atoms with Gasteiger partial charge in [-0.1, -0.05) is 12.8 Å². The number of nitrogens with zero attached hydrogens (tertiary/aromatic N) is 2. The summed E-state index contributed by atoms with van der Waals surface area (Å²) < 4.78 is 2.10. The molecule has 3 heteroatoms. The first-order valence-corrected chi connectivity index (χ1v) is 6.48. The average molecular weight is 221 g/mol. The van der Waals surface area contributed by atoms with Gasteiger partial charge < -0.3 is 5.32 Å². The normalized spacial score (nSPS) is 17.2. The number of nitrogens with one attached hydrogen (secondary N) is 1. The smallest absolute Gasteiger partial charge is 0.0641 e. The Hall–Kier alpha value is -0.830. The van der Waals surface area contributed by atoms with Gasteiger partial charge in [-0.2, -0.15) is 5.10 Å². The molecule has 1 aromatic heterocycles. The SMILES string of the molecule is CCn1nc(C)c(CNC2CCCC2)c1C. The second-order valence-corrected chi connectivity index (χ2v) is 4.83. The topological polar surface area (TPSA) is 29.9 Å². The van der Waals surface area contributed by atoms with Gasteiger partial charge in [-0.05, 0) is 33.6 Å². The van der Waals surface area contributed by atoms with E-state index in [1.807, 2.05) is 0 Å². The van der Waals surface area contributed by atoms with Crippen molar-refractivity contribution in [3.05, 3.63) is 17.0 Å². The predicted molar refractivity (Wildman–Crippen MR) is 66.5 cm³/mol. The Morgan fingerprint density at radius 3 is 2.56 bits per heavy atom. The second-order valence-electron chi connectivity index (χ2n) is 4.83. The third-order valence-corrected chi connectivity index (χ3v) is 3.75. The first-order valence-electron chi connectivity index (χ1n) is 6.48. The van der Waals surface area contributed by atoms with Gasteiger partial charge >= 0.3 is 0 Å². The molecule has 1 aliphatic carbocycles. The molecule has 0 unspecified atom stereocenters. The van der Waals surface area contributed by atoms with Crippen molar-refractivity contribution in [3.63, 3.8) is 0 Å². The maximum absolute atomic E-state index is 4.55. The largest absolute Gasteiger partial charge is 0.310 e. The summed E-state index contributed by atoms with van der Waals surface area (Å²) in [5.74, 6) is 0. The van der Waals surface area contributed by atoms with Gasteiger partial charge in [-0.3, -0.25) is 4.68 Å². The Morgan fingerprint density at radius 2 is 2.00 bits per heavy atom. The average Bonchev–Trinajstić information content (AvgIpc) is 2.86. The molecule has 3 nitrogen and oxygen atoms in total. The van der Waals surface area contributed by atoms with Crippen LogP contribution in [0, 0.1) is 13.8 Å². The third kappa shape index (κ3) is 2.29. The lowest BCUT2D eigenvalue weighted by Gasteiger charge is -2.11. The van der Waals surface area contributed by atoms with Gasteiger partial charge in [-0.15, -0.1) is 0 Å². The number of aryl methyl sites for hydroxylation is 2. The molecule has 0 aliphatic heterocycles. The molecule has 90 valence electrons. The highest BCUT2D eigenvalue weighted by atomic mass is 15.3. The Morgan fingerprint density at radius 1 is 1.31 bits per heavy atom. The molecule has 0 bridgehead atoms. The van der Waals surface area contributed by atoms with Crippen molar-refractivity contribution in [1.82, 2.24) is 15.1 Å². The maximum atomic E-state index is 4.55. The molecule has 0 aromatic carbocycles. The lowest BCUT2D eigenvalue weighted by atomic mass is 10.1. The molecule has 2 rings (SSSR count). The van der Waals surface area contributed by atoms with E-state index in [4.69, 9.17) is 0 Å².